The number of hydrogen-bond donors (Lipinski definition) is 1. The van der Waals surface area contributed by atoms with Gasteiger partial charge in [0.05, 0.1) is 5.56 Å². The minimum atomic E-state index is 0.00375. The number of hydrogen-bond acceptors (Lipinski definition) is 4. The van der Waals surface area contributed by atoms with Crippen LogP contribution in [0.15, 0.2) is 18.7 Å². The lowest BCUT2D eigenvalue weighted by atomic mass is 10.1. The van der Waals surface area contributed by atoms with Crippen molar-refractivity contribution in [2.75, 3.05) is 13.1 Å². The molecule has 5 nitrogen and oxygen atoms in total. The lowest BCUT2D eigenvalue weighted by Gasteiger charge is -2.21. The van der Waals surface area contributed by atoms with Crippen molar-refractivity contribution in [2.24, 2.45) is 11.7 Å². The summed E-state index contributed by atoms with van der Waals surface area (Å²) in [7, 11) is 0. The minimum Gasteiger partial charge on any atom is -0.336 e. The van der Waals surface area contributed by atoms with Crippen LogP contribution in [0.4, 0.5) is 0 Å². The Kier molecular flexibility index (Phi) is 3.14. The molecule has 0 saturated carbocycles. The fourth-order valence-corrected chi connectivity index (χ4v) is 2.17. The molecule has 5 heteroatoms. The van der Waals surface area contributed by atoms with E-state index in [2.05, 4.69) is 16.9 Å². The number of aromatic nitrogens is 2. The van der Waals surface area contributed by atoms with Gasteiger partial charge in [-0.05, 0) is 25.8 Å². The maximum Gasteiger partial charge on any atom is 0.257 e. The lowest BCUT2D eigenvalue weighted by molar-refractivity contribution is 0.0742. The minimum absolute atomic E-state index is 0.00375. The van der Waals surface area contributed by atoms with E-state index in [-0.39, 0.29) is 11.9 Å². The van der Waals surface area contributed by atoms with Gasteiger partial charge in [-0.25, -0.2) is 9.97 Å². The van der Waals surface area contributed by atoms with Crippen LogP contribution in [-0.4, -0.2) is 39.9 Å². The third-order valence-electron chi connectivity index (χ3n) is 3.06. The van der Waals surface area contributed by atoms with Crippen molar-refractivity contribution in [1.29, 1.82) is 0 Å². The summed E-state index contributed by atoms with van der Waals surface area (Å²) in [5, 5.41) is 0. The first-order valence-electron chi connectivity index (χ1n) is 5.48. The molecule has 1 fully saturated rings. The van der Waals surface area contributed by atoms with Gasteiger partial charge in [-0.1, -0.05) is 0 Å². The van der Waals surface area contributed by atoms with E-state index in [0.29, 0.717) is 18.0 Å². The molecular weight excluding hydrogens is 204 g/mol. The summed E-state index contributed by atoms with van der Waals surface area (Å²) >= 11 is 0. The number of carbonyl (C=O) groups excluding carboxylic acids is 1. The Hall–Kier alpha value is -1.49. The molecule has 1 aliphatic heterocycles. The monoisotopic (exact) mass is 220 g/mol. The molecule has 2 heterocycles. The molecule has 1 aromatic heterocycles. The maximum absolute atomic E-state index is 12.1. The molecule has 2 unspecified atom stereocenters. The number of carbonyl (C=O) groups is 1. The highest BCUT2D eigenvalue weighted by Crippen LogP contribution is 2.23. The van der Waals surface area contributed by atoms with Gasteiger partial charge in [0.1, 0.15) is 6.33 Å². The number of likely N-dealkylation sites (tertiary alicyclic amines) is 1. The average Bonchev–Trinajstić information content (AvgIpc) is 2.71. The Morgan fingerprint density at radius 1 is 1.56 bits per heavy atom. The van der Waals surface area contributed by atoms with Gasteiger partial charge in [0, 0.05) is 25.0 Å². The van der Waals surface area contributed by atoms with Crippen molar-refractivity contribution in [3.8, 4) is 0 Å². The summed E-state index contributed by atoms with van der Waals surface area (Å²) in [6.45, 7) is 3.43. The summed E-state index contributed by atoms with van der Waals surface area (Å²) in [6, 6.07) is 0.251. The van der Waals surface area contributed by atoms with Crippen molar-refractivity contribution in [2.45, 2.75) is 19.4 Å². The summed E-state index contributed by atoms with van der Waals surface area (Å²) in [5.41, 5.74) is 6.18. The number of nitrogens with two attached hydrogens (primary N) is 1. The van der Waals surface area contributed by atoms with Crippen LogP contribution in [0, 0.1) is 5.92 Å². The third-order valence-corrected chi connectivity index (χ3v) is 3.06. The highest BCUT2D eigenvalue weighted by molar-refractivity contribution is 5.94. The molecule has 1 saturated heterocycles. The Bertz CT molecular complexity index is 368. The van der Waals surface area contributed by atoms with Gasteiger partial charge >= 0.3 is 0 Å². The molecule has 0 spiro atoms. The van der Waals surface area contributed by atoms with Crippen LogP contribution in [0.3, 0.4) is 0 Å². The van der Waals surface area contributed by atoms with Crippen LogP contribution < -0.4 is 5.73 Å². The highest BCUT2D eigenvalue weighted by Gasteiger charge is 2.32. The zero-order chi connectivity index (χ0) is 11.5. The van der Waals surface area contributed by atoms with Crippen LogP contribution in [0.25, 0.3) is 0 Å². The van der Waals surface area contributed by atoms with E-state index < -0.39 is 0 Å². The molecule has 0 aliphatic carbocycles. The van der Waals surface area contributed by atoms with Gasteiger partial charge in [-0.2, -0.15) is 0 Å². The molecule has 16 heavy (non-hydrogen) atoms. The number of amides is 1. The van der Waals surface area contributed by atoms with Gasteiger partial charge < -0.3 is 10.6 Å². The lowest BCUT2D eigenvalue weighted by Crippen LogP contribution is -2.34. The van der Waals surface area contributed by atoms with Crippen molar-refractivity contribution in [1.82, 2.24) is 14.9 Å². The molecule has 1 amide bonds. The van der Waals surface area contributed by atoms with Crippen LogP contribution >= 0.6 is 0 Å². The topological polar surface area (TPSA) is 72.1 Å². The van der Waals surface area contributed by atoms with E-state index in [0.717, 1.165) is 13.0 Å². The molecule has 1 aromatic rings. The van der Waals surface area contributed by atoms with Gasteiger partial charge in [-0.15, -0.1) is 0 Å². The van der Waals surface area contributed by atoms with Crippen LogP contribution in [0.2, 0.25) is 0 Å². The Morgan fingerprint density at radius 2 is 2.25 bits per heavy atom. The predicted molar refractivity (Wildman–Crippen MR) is 59.7 cm³/mol. The molecule has 2 atom stereocenters. The second kappa shape index (κ2) is 4.57. The molecule has 1 aliphatic rings. The van der Waals surface area contributed by atoms with Crippen LogP contribution in [0.1, 0.15) is 23.7 Å². The summed E-state index contributed by atoms with van der Waals surface area (Å²) < 4.78 is 0. The summed E-state index contributed by atoms with van der Waals surface area (Å²) in [6.07, 6.45) is 5.51. The van der Waals surface area contributed by atoms with Crippen LogP contribution in [-0.2, 0) is 0 Å². The fourth-order valence-electron chi connectivity index (χ4n) is 2.17. The SMILES string of the molecule is CC1CC(CN)CN1C(=O)c1cncnc1. The van der Waals surface area contributed by atoms with Crippen molar-refractivity contribution < 1.29 is 4.79 Å². The molecule has 86 valence electrons. The van der Waals surface area contributed by atoms with Crippen molar-refractivity contribution in [3.63, 3.8) is 0 Å². The molecule has 0 bridgehead atoms. The normalized spacial score (nSPS) is 24.8. The fraction of sp³-hybridized carbons (Fsp3) is 0.545. The average molecular weight is 220 g/mol. The van der Waals surface area contributed by atoms with E-state index in [1.54, 1.807) is 12.4 Å². The highest BCUT2D eigenvalue weighted by atomic mass is 16.2. The molecule has 2 rings (SSSR count). The zero-order valence-electron chi connectivity index (χ0n) is 9.34. The summed E-state index contributed by atoms with van der Waals surface area (Å²) in [4.78, 5) is 21.7. The first-order chi connectivity index (χ1) is 7.72. The second-order valence-corrected chi connectivity index (χ2v) is 4.27. The maximum atomic E-state index is 12.1. The molecule has 0 radical (unpaired) electrons. The Balaban J connectivity index is 2.11. The smallest absolute Gasteiger partial charge is 0.257 e. The standard InChI is InChI=1S/C11H16N4O/c1-8-2-9(3-12)6-15(8)11(16)10-4-13-7-14-5-10/h4-5,7-9H,2-3,6,12H2,1H3. The Morgan fingerprint density at radius 3 is 2.81 bits per heavy atom. The number of nitrogens with zero attached hydrogens (tertiary/aromatic N) is 3. The molecule has 0 aromatic carbocycles. The molecular formula is C11H16N4O. The third kappa shape index (κ3) is 2.04. The van der Waals surface area contributed by atoms with Gasteiger partial charge in [0.15, 0.2) is 0 Å². The van der Waals surface area contributed by atoms with Crippen molar-refractivity contribution >= 4 is 5.91 Å². The molecule has 2 N–H and O–H groups in total. The zero-order valence-corrected chi connectivity index (χ0v) is 9.34. The quantitative estimate of drug-likeness (QED) is 0.777. The Labute approximate surface area is 94.7 Å². The number of rotatable bonds is 2. The first-order valence-corrected chi connectivity index (χ1v) is 5.48. The first kappa shape index (κ1) is 11.0. The van der Waals surface area contributed by atoms with Crippen molar-refractivity contribution in [3.05, 3.63) is 24.3 Å². The van der Waals surface area contributed by atoms with E-state index in [1.165, 1.54) is 6.33 Å². The predicted octanol–water partition coefficient (Wildman–Crippen LogP) is 0.286. The van der Waals surface area contributed by atoms with Gasteiger partial charge in [0.2, 0.25) is 0 Å². The van der Waals surface area contributed by atoms with E-state index >= 15 is 0 Å². The van der Waals surface area contributed by atoms with E-state index in [9.17, 15) is 4.79 Å². The second-order valence-electron chi connectivity index (χ2n) is 4.27. The van der Waals surface area contributed by atoms with E-state index in [4.69, 9.17) is 5.73 Å². The van der Waals surface area contributed by atoms with Crippen LogP contribution in [0.5, 0.6) is 0 Å². The summed E-state index contributed by atoms with van der Waals surface area (Å²) in [5.74, 6) is 0.424. The van der Waals surface area contributed by atoms with Gasteiger partial charge in [-0.3, -0.25) is 4.79 Å². The largest absolute Gasteiger partial charge is 0.336 e. The van der Waals surface area contributed by atoms with Gasteiger partial charge in [0.25, 0.3) is 5.91 Å². The van der Waals surface area contributed by atoms with E-state index in [1.807, 2.05) is 4.90 Å².